The summed E-state index contributed by atoms with van der Waals surface area (Å²) in [5.41, 5.74) is 2.17. The Morgan fingerprint density at radius 3 is 2.65 bits per heavy atom. The van der Waals surface area contributed by atoms with Crippen LogP contribution in [0.5, 0.6) is 5.75 Å². The molecule has 0 saturated carbocycles. The van der Waals surface area contributed by atoms with Gasteiger partial charge in [0.15, 0.2) is 0 Å². The number of hydrogen-bond donors (Lipinski definition) is 1. The fourth-order valence-corrected chi connectivity index (χ4v) is 3.39. The molecule has 1 N–H and O–H groups in total. The normalized spacial score (nSPS) is 19.7. The van der Waals surface area contributed by atoms with Crippen molar-refractivity contribution in [3.63, 3.8) is 0 Å². The van der Waals surface area contributed by atoms with Crippen LogP contribution in [0.1, 0.15) is 17.4 Å². The lowest BCUT2D eigenvalue weighted by Gasteiger charge is -2.31. The van der Waals surface area contributed by atoms with Crippen molar-refractivity contribution < 1.29 is 18.7 Å². The topological polar surface area (TPSA) is 75.0 Å². The lowest BCUT2D eigenvalue weighted by atomic mass is 9.95. The Balaban J connectivity index is 1.67. The van der Waals surface area contributed by atoms with Gasteiger partial charge in [0, 0.05) is 7.05 Å². The zero-order valence-electron chi connectivity index (χ0n) is 14.6. The van der Waals surface area contributed by atoms with E-state index in [1.165, 1.54) is 4.90 Å². The molecule has 1 aromatic carbocycles. The van der Waals surface area contributed by atoms with E-state index in [1.807, 2.05) is 30.3 Å². The minimum Gasteiger partial charge on any atom is -0.497 e. The molecular weight excluding hydrogens is 334 g/mol. The molecule has 4 rings (SSSR count). The van der Waals surface area contributed by atoms with E-state index >= 15 is 0 Å². The first-order valence-corrected chi connectivity index (χ1v) is 8.31. The molecule has 1 unspecified atom stereocenters. The third-order valence-electron chi connectivity index (χ3n) is 4.81. The lowest BCUT2D eigenvalue weighted by molar-refractivity contribution is -0.126. The molecule has 3 heterocycles. The number of urea groups is 1. The number of methoxy groups -OCH3 is 1. The number of carbonyl (C=O) groups is 2. The number of amides is 3. The first-order valence-electron chi connectivity index (χ1n) is 8.31. The van der Waals surface area contributed by atoms with Crippen LogP contribution in [-0.4, -0.2) is 42.4 Å². The van der Waals surface area contributed by atoms with Crippen LogP contribution in [0.2, 0.25) is 0 Å². The second kappa shape index (κ2) is 6.25. The van der Waals surface area contributed by atoms with Crippen LogP contribution in [0.3, 0.4) is 0 Å². The fourth-order valence-electron chi connectivity index (χ4n) is 3.39. The number of carbonyl (C=O) groups excluding carboxylic acids is 2. The van der Waals surface area contributed by atoms with Gasteiger partial charge >= 0.3 is 6.03 Å². The quantitative estimate of drug-likeness (QED) is 0.915. The molecule has 1 aromatic heterocycles. The van der Waals surface area contributed by atoms with Gasteiger partial charge in [-0.3, -0.25) is 9.69 Å². The summed E-state index contributed by atoms with van der Waals surface area (Å²) in [6.07, 6.45) is 1.58. The standard InChI is InChI=1S/C19H19N3O4/c1-21-15-11-22(10-14-4-3-9-26-14)18(23)16(15)17(20-19(21)24)12-5-7-13(25-2)8-6-12/h3-9,17H,10-11H2,1-2H3,(H,20,24). The van der Waals surface area contributed by atoms with Gasteiger partial charge < -0.3 is 19.4 Å². The second-order valence-electron chi connectivity index (χ2n) is 6.32. The molecule has 0 spiro atoms. The number of nitrogens with one attached hydrogen (secondary N) is 1. The number of furan rings is 1. The summed E-state index contributed by atoms with van der Waals surface area (Å²) in [7, 11) is 3.28. The predicted molar refractivity (Wildman–Crippen MR) is 93.2 cm³/mol. The molecule has 0 radical (unpaired) electrons. The van der Waals surface area contributed by atoms with Gasteiger partial charge in [0.05, 0.1) is 43.8 Å². The maximum absolute atomic E-state index is 13.0. The number of ether oxygens (including phenoxy) is 1. The van der Waals surface area contributed by atoms with E-state index in [-0.39, 0.29) is 11.9 Å². The van der Waals surface area contributed by atoms with Crippen LogP contribution in [0.15, 0.2) is 58.3 Å². The Morgan fingerprint density at radius 1 is 1.23 bits per heavy atom. The Morgan fingerprint density at radius 2 is 2.00 bits per heavy atom. The van der Waals surface area contributed by atoms with Gasteiger partial charge in [-0.05, 0) is 29.8 Å². The molecule has 2 aliphatic rings. The monoisotopic (exact) mass is 353 g/mol. The van der Waals surface area contributed by atoms with Gasteiger partial charge in [0.2, 0.25) is 0 Å². The van der Waals surface area contributed by atoms with Gasteiger partial charge in [0.1, 0.15) is 11.5 Å². The zero-order valence-corrected chi connectivity index (χ0v) is 14.6. The molecule has 0 aliphatic carbocycles. The van der Waals surface area contributed by atoms with Crippen molar-refractivity contribution in [1.82, 2.24) is 15.1 Å². The maximum atomic E-state index is 13.0. The minimum absolute atomic E-state index is 0.0935. The molecule has 134 valence electrons. The summed E-state index contributed by atoms with van der Waals surface area (Å²) >= 11 is 0. The highest BCUT2D eigenvalue weighted by atomic mass is 16.5. The first kappa shape index (κ1) is 16.3. The number of nitrogens with zero attached hydrogens (tertiary/aromatic N) is 2. The van der Waals surface area contributed by atoms with Crippen molar-refractivity contribution in [3.8, 4) is 5.75 Å². The minimum atomic E-state index is -0.478. The highest BCUT2D eigenvalue weighted by molar-refractivity contribution is 6.01. The number of rotatable bonds is 4. The van der Waals surface area contributed by atoms with E-state index in [0.29, 0.717) is 24.4 Å². The van der Waals surface area contributed by atoms with Crippen molar-refractivity contribution in [2.24, 2.45) is 0 Å². The molecule has 7 heteroatoms. The SMILES string of the molecule is COc1ccc(C2NC(=O)N(C)C3=C2C(=O)N(Cc2ccco2)C3)cc1. The summed E-state index contributed by atoms with van der Waals surface area (Å²) in [6, 6.07) is 10.3. The van der Waals surface area contributed by atoms with E-state index < -0.39 is 6.04 Å². The molecular formula is C19H19N3O4. The molecule has 3 amide bonds. The summed E-state index contributed by atoms with van der Waals surface area (Å²) in [4.78, 5) is 28.6. The third-order valence-corrected chi connectivity index (χ3v) is 4.81. The summed E-state index contributed by atoms with van der Waals surface area (Å²) in [5.74, 6) is 1.34. The highest BCUT2D eigenvalue weighted by Gasteiger charge is 2.42. The zero-order chi connectivity index (χ0) is 18.3. The van der Waals surface area contributed by atoms with Crippen molar-refractivity contribution in [1.29, 1.82) is 0 Å². The van der Waals surface area contributed by atoms with Crippen LogP contribution in [0, 0.1) is 0 Å². The van der Waals surface area contributed by atoms with Crippen molar-refractivity contribution >= 4 is 11.9 Å². The second-order valence-corrected chi connectivity index (χ2v) is 6.32. The Bertz CT molecular complexity index is 871. The first-order chi connectivity index (χ1) is 12.6. The van der Waals surface area contributed by atoms with Crippen LogP contribution in [0.25, 0.3) is 0 Å². The molecule has 1 atom stereocenters. The van der Waals surface area contributed by atoms with Crippen LogP contribution >= 0.6 is 0 Å². The Labute approximate surface area is 150 Å². The average Bonchev–Trinajstić information content (AvgIpc) is 3.28. The van der Waals surface area contributed by atoms with Crippen molar-refractivity contribution in [2.75, 3.05) is 20.7 Å². The predicted octanol–water partition coefficient (Wildman–Crippen LogP) is 2.28. The van der Waals surface area contributed by atoms with Gasteiger partial charge in [-0.2, -0.15) is 0 Å². The maximum Gasteiger partial charge on any atom is 0.322 e. The average molecular weight is 353 g/mol. The summed E-state index contributed by atoms with van der Waals surface area (Å²) < 4.78 is 10.5. The van der Waals surface area contributed by atoms with Crippen LogP contribution < -0.4 is 10.1 Å². The van der Waals surface area contributed by atoms with E-state index in [9.17, 15) is 9.59 Å². The van der Waals surface area contributed by atoms with Crippen molar-refractivity contribution in [3.05, 3.63) is 65.3 Å². The molecule has 7 nitrogen and oxygen atoms in total. The van der Waals surface area contributed by atoms with Crippen LogP contribution in [-0.2, 0) is 11.3 Å². The largest absolute Gasteiger partial charge is 0.497 e. The summed E-state index contributed by atoms with van der Waals surface area (Å²) in [5, 5.41) is 2.92. The summed E-state index contributed by atoms with van der Waals surface area (Å²) in [6.45, 7) is 0.752. The molecule has 0 fully saturated rings. The molecule has 0 bridgehead atoms. The molecule has 2 aromatic rings. The van der Waals surface area contributed by atoms with Crippen molar-refractivity contribution in [2.45, 2.75) is 12.6 Å². The lowest BCUT2D eigenvalue weighted by Crippen LogP contribution is -2.45. The van der Waals surface area contributed by atoms with Crippen LogP contribution in [0.4, 0.5) is 4.79 Å². The number of benzene rings is 1. The third kappa shape index (κ3) is 2.61. The van der Waals surface area contributed by atoms with Gasteiger partial charge in [0.25, 0.3) is 5.91 Å². The molecule has 2 aliphatic heterocycles. The fraction of sp³-hybridized carbons (Fsp3) is 0.263. The van der Waals surface area contributed by atoms with E-state index in [4.69, 9.17) is 9.15 Å². The molecule has 0 saturated heterocycles. The smallest absolute Gasteiger partial charge is 0.322 e. The van der Waals surface area contributed by atoms with Gasteiger partial charge in [-0.15, -0.1) is 0 Å². The Kier molecular flexibility index (Phi) is 3.91. The van der Waals surface area contributed by atoms with E-state index in [0.717, 1.165) is 17.0 Å². The van der Waals surface area contributed by atoms with E-state index in [1.54, 1.807) is 31.4 Å². The number of hydrogen-bond acceptors (Lipinski definition) is 4. The Hall–Kier alpha value is -3.22. The number of likely N-dealkylation sites (N-methyl/N-ethyl adjacent to an activating group) is 1. The van der Waals surface area contributed by atoms with E-state index in [2.05, 4.69) is 5.32 Å². The van der Waals surface area contributed by atoms with Gasteiger partial charge in [-0.25, -0.2) is 4.79 Å². The molecule has 26 heavy (non-hydrogen) atoms. The van der Waals surface area contributed by atoms with Gasteiger partial charge in [-0.1, -0.05) is 12.1 Å². The highest BCUT2D eigenvalue weighted by Crippen LogP contribution is 2.36.